The Morgan fingerprint density at radius 1 is 1.25 bits per heavy atom. The van der Waals surface area contributed by atoms with E-state index in [1.165, 1.54) is 4.90 Å². The highest BCUT2D eigenvalue weighted by Gasteiger charge is 2.29. The number of carbonyl (C=O) groups excluding carboxylic acids is 2. The molecule has 0 aliphatic carbocycles. The van der Waals surface area contributed by atoms with Crippen LogP contribution in [0.1, 0.15) is 33.3 Å². The summed E-state index contributed by atoms with van der Waals surface area (Å²) in [4.78, 5) is 25.6. The largest absolute Gasteiger partial charge is 0.344 e. The Bertz CT molecular complexity index is 495. The number of carbonyl (C=O) groups is 2. The summed E-state index contributed by atoms with van der Waals surface area (Å²) in [5.74, 6) is -1.13. The van der Waals surface area contributed by atoms with Crippen LogP contribution in [0.4, 0.5) is 0 Å². The Balaban J connectivity index is 2.67. The summed E-state index contributed by atoms with van der Waals surface area (Å²) in [5.41, 5.74) is 0.405. The highest BCUT2D eigenvalue weighted by molar-refractivity contribution is 6.35. The molecule has 1 N–H and O–H groups in total. The summed E-state index contributed by atoms with van der Waals surface area (Å²) in [6.07, 6.45) is 0. The molecule has 0 heterocycles. The number of halogens is 1. The Kier molecular flexibility index (Phi) is 5.57. The number of benzene rings is 1. The quantitative estimate of drug-likeness (QED) is 0.872. The van der Waals surface area contributed by atoms with Crippen LogP contribution in [0.15, 0.2) is 24.3 Å². The maximum atomic E-state index is 12.1. The van der Waals surface area contributed by atoms with Gasteiger partial charge in [0.25, 0.3) is 0 Å². The molecule has 5 heteroatoms. The van der Waals surface area contributed by atoms with Gasteiger partial charge in [0.1, 0.15) is 0 Å². The maximum absolute atomic E-state index is 12.1. The van der Waals surface area contributed by atoms with Gasteiger partial charge in [-0.25, -0.2) is 0 Å². The zero-order valence-corrected chi connectivity index (χ0v) is 13.1. The lowest BCUT2D eigenvalue weighted by Crippen LogP contribution is -2.51. The van der Waals surface area contributed by atoms with E-state index in [1.54, 1.807) is 6.07 Å². The minimum atomic E-state index is -0.610. The Labute approximate surface area is 125 Å². The maximum Gasteiger partial charge on any atom is 0.312 e. The van der Waals surface area contributed by atoms with Crippen LogP contribution in [0.3, 0.4) is 0 Å². The van der Waals surface area contributed by atoms with Gasteiger partial charge in [-0.2, -0.15) is 0 Å². The minimum absolute atomic E-state index is 0.242. The second kappa shape index (κ2) is 6.75. The Morgan fingerprint density at radius 3 is 2.35 bits per heavy atom. The normalized spacial score (nSPS) is 11.1. The van der Waals surface area contributed by atoms with Crippen molar-refractivity contribution in [3.63, 3.8) is 0 Å². The van der Waals surface area contributed by atoms with E-state index in [9.17, 15) is 9.59 Å². The van der Waals surface area contributed by atoms with E-state index >= 15 is 0 Å². The first-order chi connectivity index (χ1) is 9.27. The van der Waals surface area contributed by atoms with E-state index in [2.05, 4.69) is 5.32 Å². The van der Waals surface area contributed by atoms with Crippen LogP contribution in [-0.2, 0) is 16.1 Å². The van der Waals surface area contributed by atoms with Gasteiger partial charge in [-0.3, -0.25) is 9.59 Å². The first kappa shape index (κ1) is 16.5. The number of rotatable bonds is 3. The van der Waals surface area contributed by atoms with Crippen LogP contribution in [0.5, 0.6) is 0 Å². The molecule has 20 heavy (non-hydrogen) atoms. The summed E-state index contributed by atoms with van der Waals surface area (Å²) >= 11 is 6.00. The summed E-state index contributed by atoms with van der Waals surface area (Å²) in [6.45, 7) is 8.28. The van der Waals surface area contributed by atoms with E-state index in [-0.39, 0.29) is 12.1 Å². The van der Waals surface area contributed by atoms with Gasteiger partial charge in [0, 0.05) is 23.7 Å². The molecular weight excluding hydrogens is 276 g/mol. The zero-order valence-electron chi connectivity index (χ0n) is 12.4. The molecule has 1 aromatic carbocycles. The smallest absolute Gasteiger partial charge is 0.312 e. The lowest BCUT2D eigenvalue weighted by atomic mass is 10.1. The highest BCUT2D eigenvalue weighted by Crippen LogP contribution is 2.15. The number of likely N-dealkylation sites (N-methyl/N-ethyl adjacent to an activating group) is 1. The van der Waals surface area contributed by atoms with Gasteiger partial charge in [-0.1, -0.05) is 29.8 Å². The van der Waals surface area contributed by atoms with Crippen LogP contribution in [0.25, 0.3) is 0 Å². The third-order valence-corrected chi connectivity index (χ3v) is 3.33. The van der Waals surface area contributed by atoms with Crippen molar-refractivity contribution in [1.29, 1.82) is 0 Å². The van der Waals surface area contributed by atoms with Crippen molar-refractivity contribution < 1.29 is 9.59 Å². The molecular formula is C15H21ClN2O2. The molecule has 0 bridgehead atoms. The Hall–Kier alpha value is -1.55. The van der Waals surface area contributed by atoms with Crippen LogP contribution in [0.2, 0.25) is 5.02 Å². The average Bonchev–Trinajstić information content (AvgIpc) is 2.36. The summed E-state index contributed by atoms with van der Waals surface area (Å²) in [5, 5.41) is 3.18. The third-order valence-electron chi connectivity index (χ3n) is 2.96. The first-order valence-electron chi connectivity index (χ1n) is 6.60. The van der Waals surface area contributed by atoms with Gasteiger partial charge in [-0.15, -0.1) is 0 Å². The fourth-order valence-electron chi connectivity index (χ4n) is 1.94. The molecule has 110 valence electrons. The summed E-state index contributed by atoms with van der Waals surface area (Å²) in [7, 11) is 0. The van der Waals surface area contributed by atoms with E-state index in [4.69, 9.17) is 11.6 Å². The highest BCUT2D eigenvalue weighted by atomic mass is 35.5. The number of nitrogens with zero attached hydrogens (tertiary/aromatic N) is 1. The standard InChI is InChI=1S/C15H21ClN2O2/c1-5-18(15(2,3)4)14(20)13(19)17-10-11-8-6-7-9-12(11)16/h6-9H,5,10H2,1-4H3,(H,17,19). The lowest BCUT2D eigenvalue weighted by Gasteiger charge is -2.34. The van der Waals surface area contributed by atoms with E-state index in [0.717, 1.165) is 5.56 Å². The molecule has 2 amide bonds. The van der Waals surface area contributed by atoms with Crippen LogP contribution in [-0.4, -0.2) is 28.8 Å². The average molecular weight is 297 g/mol. The molecule has 0 aliphatic rings. The number of nitrogens with one attached hydrogen (secondary N) is 1. The van der Waals surface area contributed by atoms with E-state index in [0.29, 0.717) is 11.6 Å². The molecule has 0 aromatic heterocycles. The number of amides is 2. The molecule has 0 atom stereocenters. The first-order valence-corrected chi connectivity index (χ1v) is 6.98. The van der Waals surface area contributed by atoms with Gasteiger partial charge in [0.2, 0.25) is 0 Å². The fraction of sp³-hybridized carbons (Fsp3) is 0.467. The second-order valence-electron chi connectivity index (χ2n) is 5.49. The van der Waals surface area contributed by atoms with Gasteiger partial charge in [0.05, 0.1) is 0 Å². The van der Waals surface area contributed by atoms with Crippen molar-refractivity contribution in [2.75, 3.05) is 6.54 Å². The van der Waals surface area contributed by atoms with Crippen molar-refractivity contribution >= 4 is 23.4 Å². The number of hydrogen-bond donors (Lipinski definition) is 1. The van der Waals surface area contributed by atoms with E-state index < -0.39 is 11.8 Å². The van der Waals surface area contributed by atoms with Gasteiger partial charge >= 0.3 is 11.8 Å². The molecule has 0 unspecified atom stereocenters. The monoisotopic (exact) mass is 296 g/mol. The van der Waals surface area contributed by atoms with Gasteiger partial charge in [-0.05, 0) is 39.3 Å². The van der Waals surface area contributed by atoms with Gasteiger partial charge in [0.15, 0.2) is 0 Å². The molecule has 1 aromatic rings. The zero-order chi connectivity index (χ0) is 15.3. The van der Waals surface area contributed by atoms with Crippen molar-refractivity contribution in [3.05, 3.63) is 34.9 Å². The van der Waals surface area contributed by atoms with Crippen LogP contribution in [0, 0.1) is 0 Å². The van der Waals surface area contributed by atoms with Crippen LogP contribution < -0.4 is 5.32 Å². The molecule has 0 saturated heterocycles. The molecule has 0 fully saturated rings. The number of hydrogen-bond acceptors (Lipinski definition) is 2. The summed E-state index contributed by atoms with van der Waals surface area (Å²) in [6, 6.07) is 7.22. The van der Waals surface area contributed by atoms with Crippen molar-refractivity contribution in [3.8, 4) is 0 Å². The predicted octanol–water partition coefficient (Wildman–Crippen LogP) is 2.60. The molecule has 0 aliphatic heterocycles. The molecule has 0 saturated carbocycles. The van der Waals surface area contributed by atoms with Crippen LogP contribution >= 0.6 is 11.6 Å². The second-order valence-corrected chi connectivity index (χ2v) is 5.90. The topological polar surface area (TPSA) is 49.4 Å². The van der Waals surface area contributed by atoms with Crippen molar-refractivity contribution in [2.24, 2.45) is 0 Å². The molecule has 1 rings (SSSR count). The lowest BCUT2D eigenvalue weighted by molar-refractivity contribution is -0.149. The van der Waals surface area contributed by atoms with Gasteiger partial charge < -0.3 is 10.2 Å². The van der Waals surface area contributed by atoms with Crippen molar-refractivity contribution in [1.82, 2.24) is 10.2 Å². The Morgan fingerprint density at radius 2 is 1.85 bits per heavy atom. The van der Waals surface area contributed by atoms with E-state index in [1.807, 2.05) is 45.9 Å². The summed E-state index contributed by atoms with van der Waals surface area (Å²) < 4.78 is 0. The molecule has 4 nitrogen and oxygen atoms in total. The molecule has 0 spiro atoms. The predicted molar refractivity (Wildman–Crippen MR) is 80.4 cm³/mol. The fourth-order valence-corrected chi connectivity index (χ4v) is 2.14. The minimum Gasteiger partial charge on any atom is -0.344 e. The van der Waals surface area contributed by atoms with Crippen molar-refractivity contribution in [2.45, 2.75) is 39.8 Å². The third kappa shape index (κ3) is 4.23. The molecule has 0 radical (unpaired) electrons. The SMILES string of the molecule is CCN(C(=O)C(=O)NCc1ccccc1Cl)C(C)(C)C.